The molecule has 3 nitrogen and oxygen atoms in total. The average molecular weight is 278 g/mol. The van der Waals surface area contributed by atoms with Gasteiger partial charge in [-0.05, 0) is 49.3 Å². The van der Waals surface area contributed by atoms with E-state index in [0.29, 0.717) is 10.8 Å². The van der Waals surface area contributed by atoms with E-state index in [2.05, 4.69) is 5.32 Å². The third-order valence-electron chi connectivity index (χ3n) is 3.90. The molecule has 0 bridgehead atoms. The molecule has 1 aliphatic carbocycles. The van der Waals surface area contributed by atoms with Crippen molar-refractivity contribution in [3.63, 3.8) is 0 Å². The highest BCUT2D eigenvalue weighted by Crippen LogP contribution is 2.31. The number of fused-ring (bicyclic) bond motifs is 1. The number of nitrogens with one attached hydrogen (secondary N) is 1. The Labute approximate surface area is 116 Å². The van der Waals surface area contributed by atoms with Crippen LogP contribution < -0.4 is 10.2 Å². The molecule has 2 aliphatic rings. The Kier molecular flexibility index (Phi) is 3.22. The number of hydrogen-bond donors (Lipinski definition) is 1. The normalized spacial score (nSPS) is 26.9. The molecule has 1 heterocycles. The van der Waals surface area contributed by atoms with Gasteiger partial charge in [-0.2, -0.15) is 0 Å². The Morgan fingerprint density at radius 1 is 1.21 bits per heavy atom. The van der Waals surface area contributed by atoms with Crippen LogP contribution >= 0.6 is 12.2 Å². The van der Waals surface area contributed by atoms with Crippen LogP contribution in [0.5, 0.6) is 0 Å². The zero-order valence-electron chi connectivity index (χ0n) is 10.4. The van der Waals surface area contributed by atoms with Crippen LogP contribution in [0.15, 0.2) is 24.3 Å². The van der Waals surface area contributed by atoms with E-state index in [0.717, 1.165) is 25.7 Å². The van der Waals surface area contributed by atoms with Crippen LogP contribution in [-0.4, -0.2) is 17.1 Å². The first-order chi connectivity index (χ1) is 9.16. The van der Waals surface area contributed by atoms with E-state index < -0.39 is 0 Å². The average Bonchev–Trinajstić information content (AvgIpc) is 2.41. The molecule has 2 unspecified atom stereocenters. The molecule has 0 aromatic heterocycles. The molecule has 0 radical (unpaired) electrons. The lowest BCUT2D eigenvalue weighted by atomic mass is 9.82. The van der Waals surface area contributed by atoms with Crippen molar-refractivity contribution in [2.45, 2.75) is 31.7 Å². The predicted octanol–water partition coefficient (Wildman–Crippen LogP) is 2.61. The fraction of sp³-hybridized carbons (Fsp3) is 0.429. The monoisotopic (exact) mass is 278 g/mol. The molecular weight excluding hydrogens is 263 g/mol. The fourth-order valence-electron chi connectivity index (χ4n) is 2.92. The summed E-state index contributed by atoms with van der Waals surface area (Å²) < 4.78 is 13.0. The zero-order valence-corrected chi connectivity index (χ0v) is 11.3. The number of halogens is 1. The second-order valence-corrected chi connectivity index (χ2v) is 5.48. The van der Waals surface area contributed by atoms with Crippen LogP contribution in [0.25, 0.3) is 0 Å². The summed E-state index contributed by atoms with van der Waals surface area (Å²) in [6.07, 6.45) is 4.11. The van der Waals surface area contributed by atoms with Crippen molar-refractivity contribution in [2.24, 2.45) is 5.92 Å². The van der Waals surface area contributed by atoms with E-state index >= 15 is 0 Å². The summed E-state index contributed by atoms with van der Waals surface area (Å²) in [5, 5.41) is 3.69. The Hall–Kier alpha value is -1.49. The summed E-state index contributed by atoms with van der Waals surface area (Å²) in [4.78, 5) is 14.1. The molecule has 1 amide bonds. The highest BCUT2D eigenvalue weighted by molar-refractivity contribution is 7.80. The zero-order chi connectivity index (χ0) is 13.4. The van der Waals surface area contributed by atoms with Crippen molar-refractivity contribution >= 4 is 28.9 Å². The van der Waals surface area contributed by atoms with Gasteiger partial charge in [0.05, 0.1) is 11.6 Å². The maximum atomic E-state index is 13.0. The van der Waals surface area contributed by atoms with Crippen LogP contribution in [0.4, 0.5) is 10.1 Å². The van der Waals surface area contributed by atoms with E-state index in [9.17, 15) is 9.18 Å². The summed E-state index contributed by atoms with van der Waals surface area (Å²) in [6, 6.07) is 6.04. The van der Waals surface area contributed by atoms with E-state index in [1.54, 1.807) is 12.1 Å². The van der Waals surface area contributed by atoms with Crippen molar-refractivity contribution in [1.82, 2.24) is 5.32 Å². The number of carbonyl (C=O) groups excluding carboxylic acids is 1. The molecule has 1 aromatic rings. The van der Waals surface area contributed by atoms with E-state index in [-0.39, 0.29) is 23.7 Å². The molecule has 0 spiro atoms. The van der Waals surface area contributed by atoms with Gasteiger partial charge in [0.15, 0.2) is 5.11 Å². The third-order valence-corrected chi connectivity index (χ3v) is 4.20. The molecule has 2 fully saturated rings. The quantitative estimate of drug-likeness (QED) is 0.801. The molecule has 5 heteroatoms. The van der Waals surface area contributed by atoms with Gasteiger partial charge in [-0.1, -0.05) is 12.8 Å². The number of amides is 1. The van der Waals surface area contributed by atoms with Gasteiger partial charge < -0.3 is 5.32 Å². The van der Waals surface area contributed by atoms with E-state index in [1.807, 2.05) is 0 Å². The molecule has 1 aliphatic heterocycles. The number of benzene rings is 1. The van der Waals surface area contributed by atoms with Gasteiger partial charge in [-0.25, -0.2) is 4.39 Å². The summed E-state index contributed by atoms with van der Waals surface area (Å²) in [6.45, 7) is 0. The molecule has 1 aromatic carbocycles. The molecule has 1 saturated carbocycles. The largest absolute Gasteiger partial charge is 0.358 e. The number of carbonyl (C=O) groups is 1. The second-order valence-electron chi connectivity index (χ2n) is 5.10. The minimum atomic E-state index is -0.317. The Bertz CT molecular complexity index is 517. The molecule has 1 N–H and O–H groups in total. The second kappa shape index (κ2) is 4.89. The lowest BCUT2D eigenvalue weighted by Crippen LogP contribution is -2.61. The minimum Gasteiger partial charge on any atom is -0.358 e. The van der Waals surface area contributed by atoms with Gasteiger partial charge >= 0.3 is 0 Å². The van der Waals surface area contributed by atoms with Gasteiger partial charge in [0.25, 0.3) is 0 Å². The van der Waals surface area contributed by atoms with Gasteiger partial charge in [-0.3, -0.25) is 9.69 Å². The summed E-state index contributed by atoms with van der Waals surface area (Å²) in [5.41, 5.74) is 0.632. The number of rotatable bonds is 1. The van der Waals surface area contributed by atoms with Gasteiger partial charge in [0.2, 0.25) is 5.91 Å². The lowest BCUT2D eigenvalue weighted by molar-refractivity contribution is -0.123. The topological polar surface area (TPSA) is 32.3 Å². The number of nitrogens with zero attached hydrogens (tertiary/aromatic N) is 1. The van der Waals surface area contributed by atoms with Gasteiger partial charge in [0, 0.05) is 6.04 Å². The third kappa shape index (κ3) is 2.23. The van der Waals surface area contributed by atoms with Crippen molar-refractivity contribution in [3.05, 3.63) is 30.1 Å². The van der Waals surface area contributed by atoms with Crippen molar-refractivity contribution < 1.29 is 9.18 Å². The van der Waals surface area contributed by atoms with Crippen molar-refractivity contribution in [3.8, 4) is 0 Å². The van der Waals surface area contributed by atoms with Gasteiger partial charge in [-0.15, -0.1) is 0 Å². The number of thiocarbonyl (C=S) groups is 1. The van der Waals surface area contributed by atoms with Crippen molar-refractivity contribution in [1.29, 1.82) is 0 Å². The molecule has 1 saturated heterocycles. The molecule has 2 atom stereocenters. The van der Waals surface area contributed by atoms with Crippen LogP contribution in [-0.2, 0) is 4.79 Å². The highest BCUT2D eigenvalue weighted by Gasteiger charge is 2.40. The Balaban J connectivity index is 1.90. The number of hydrogen-bond acceptors (Lipinski definition) is 2. The van der Waals surface area contributed by atoms with Crippen LogP contribution in [0, 0.1) is 11.7 Å². The van der Waals surface area contributed by atoms with Crippen molar-refractivity contribution in [2.75, 3.05) is 4.90 Å². The minimum absolute atomic E-state index is 0.00879. The smallest absolute Gasteiger partial charge is 0.238 e. The maximum absolute atomic E-state index is 13.0. The molecule has 3 rings (SSSR count). The fourth-order valence-corrected chi connectivity index (χ4v) is 3.27. The standard InChI is InChI=1S/C14H15FN2OS/c15-9-5-7-10(8-6-9)17-13(18)11-3-1-2-4-12(11)16-14(17)19/h5-8,11-12H,1-4H2,(H,16,19). The maximum Gasteiger partial charge on any atom is 0.238 e. The first-order valence-corrected chi connectivity index (χ1v) is 6.97. The SMILES string of the molecule is O=C1C2CCCCC2NC(=S)N1c1ccc(F)cc1. The van der Waals surface area contributed by atoms with Gasteiger partial charge in [0.1, 0.15) is 5.82 Å². The predicted molar refractivity (Wildman–Crippen MR) is 75.4 cm³/mol. The van der Waals surface area contributed by atoms with Crippen LogP contribution in [0.3, 0.4) is 0 Å². The lowest BCUT2D eigenvalue weighted by Gasteiger charge is -2.41. The highest BCUT2D eigenvalue weighted by atomic mass is 32.1. The molecule has 100 valence electrons. The Morgan fingerprint density at radius 2 is 1.89 bits per heavy atom. The van der Waals surface area contributed by atoms with E-state index in [1.165, 1.54) is 17.0 Å². The van der Waals surface area contributed by atoms with Crippen LogP contribution in [0.2, 0.25) is 0 Å². The first-order valence-electron chi connectivity index (χ1n) is 6.57. The molecule has 19 heavy (non-hydrogen) atoms. The molecular formula is C14H15FN2OS. The Morgan fingerprint density at radius 3 is 2.63 bits per heavy atom. The van der Waals surface area contributed by atoms with E-state index in [4.69, 9.17) is 12.2 Å². The first kappa shape index (κ1) is 12.5. The summed E-state index contributed by atoms with van der Waals surface area (Å²) in [7, 11) is 0. The summed E-state index contributed by atoms with van der Waals surface area (Å²) in [5.74, 6) is -0.284. The number of anilines is 1. The van der Waals surface area contributed by atoms with Crippen LogP contribution in [0.1, 0.15) is 25.7 Å². The summed E-state index contributed by atoms with van der Waals surface area (Å²) >= 11 is 5.29.